The van der Waals surface area contributed by atoms with Crippen molar-refractivity contribution in [3.63, 3.8) is 0 Å². The summed E-state index contributed by atoms with van der Waals surface area (Å²) in [6.45, 7) is 9.87. The number of nitrogens with zero attached hydrogens (tertiary/aromatic N) is 7. The van der Waals surface area contributed by atoms with Gasteiger partial charge in [0.25, 0.3) is 11.8 Å². The number of likely N-dealkylation sites (N-methyl/N-ethyl adjacent to an activating group) is 1. The number of aromatic nitrogens is 1. The molecule has 17 heteroatoms. The lowest BCUT2D eigenvalue weighted by Gasteiger charge is -2.52. The van der Waals surface area contributed by atoms with Gasteiger partial charge in [-0.3, -0.25) is 19.6 Å². The second-order valence-corrected chi connectivity index (χ2v) is 14.6. The van der Waals surface area contributed by atoms with Crippen molar-refractivity contribution in [1.82, 2.24) is 20.5 Å². The van der Waals surface area contributed by atoms with Crippen LogP contribution in [0, 0.1) is 11.8 Å². The first-order valence-electron chi connectivity index (χ1n) is 14.4. The van der Waals surface area contributed by atoms with Crippen LogP contribution in [0.2, 0.25) is 0 Å². The molecule has 1 aromatic rings. The van der Waals surface area contributed by atoms with Gasteiger partial charge < -0.3 is 41.2 Å². The largest absolute Gasteiger partial charge is 0.478 e. The molecule has 0 radical (unpaired) electrons. The average molecular weight is 645 g/mol. The van der Waals surface area contributed by atoms with Crippen LogP contribution < -0.4 is 16.4 Å². The highest BCUT2D eigenvalue weighted by molar-refractivity contribution is 8.00. The minimum atomic E-state index is -1.71. The molecule has 0 bridgehead atoms. The van der Waals surface area contributed by atoms with Crippen LogP contribution in [0.25, 0.3) is 5.32 Å². The van der Waals surface area contributed by atoms with Gasteiger partial charge >= 0.3 is 5.97 Å². The fourth-order valence-electron chi connectivity index (χ4n) is 6.34. The summed E-state index contributed by atoms with van der Waals surface area (Å²) in [5, 5.41) is 34.2. The normalized spacial score (nSPS) is 30.1. The summed E-state index contributed by atoms with van der Waals surface area (Å²) in [7, 11) is 2.28. The second kappa shape index (κ2) is 11.4. The third-order valence-electron chi connectivity index (χ3n) is 8.58. The smallest absolute Gasteiger partial charge is 0.350 e. The van der Waals surface area contributed by atoms with E-state index in [1.54, 1.807) is 16.7 Å². The fourth-order valence-corrected chi connectivity index (χ4v) is 8.23. The molecule has 15 nitrogen and oxygen atoms in total. The number of nitrogens with one attached hydrogen (secondary N) is 2. The van der Waals surface area contributed by atoms with E-state index in [1.165, 1.54) is 19.2 Å². The summed E-state index contributed by atoms with van der Waals surface area (Å²) in [6.07, 6.45) is 0. The molecule has 6 heterocycles. The van der Waals surface area contributed by atoms with Crippen molar-refractivity contribution in [1.29, 1.82) is 0 Å². The third kappa shape index (κ3) is 5.68. The first kappa shape index (κ1) is 30.5. The highest BCUT2D eigenvalue weighted by atomic mass is 32.2. The fraction of sp³-hybridized carbons (Fsp3) is 0.593. The monoisotopic (exact) mass is 644 g/mol. The van der Waals surface area contributed by atoms with Gasteiger partial charge in [0.1, 0.15) is 23.7 Å². The summed E-state index contributed by atoms with van der Waals surface area (Å²) in [5.41, 5.74) is 6.48. The Hall–Kier alpha value is -3.54. The second-order valence-electron chi connectivity index (χ2n) is 12.6. The number of nitrogens with two attached hydrogens (primary N) is 1. The Morgan fingerprint density at radius 3 is 2.66 bits per heavy atom. The van der Waals surface area contributed by atoms with Gasteiger partial charge in [-0.15, -0.1) is 23.1 Å². The topological polar surface area (TPSA) is 198 Å². The zero-order valence-corrected chi connectivity index (χ0v) is 26.6. The number of hydrogen-bond donors (Lipinski definition) is 4. The molecule has 236 valence electrons. The molecular formula is C27H36N10O5S2. The Labute approximate surface area is 262 Å². The lowest BCUT2D eigenvalue weighted by molar-refractivity contribution is -0.895. The molecule has 0 aliphatic carbocycles. The number of carbonyl (C=O) groups is 3. The Bertz CT molecular complexity index is 1510. The first-order valence-corrected chi connectivity index (χ1v) is 16.3. The Balaban J connectivity index is 1.25. The third-order valence-corrected chi connectivity index (χ3v) is 10.6. The highest BCUT2D eigenvalue weighted by Crippen LogP contribution is 2.43. The number of rotatable bonds is 9. The van der Waals surface area contributed by atoms with Crippen LogP contribution in [-0.4, -0.2) is 124 Å². The number of carbonyl (C=O) groups excluding carboxylic acids is 2. The number of carboxylic acids is 1. The summed E-state index contributed by atoms with van der Waals surface area (Å²) < 4.78 is 0.891. The maximum atomic E-state index is 13.8. The number of thiazole rings is 1. The van der Waals surface area contributed by atoms with Gasteiger partial charge in [-0.05, 0) is 33.2 Å². The van der Waals surface area contributed by atoms with Crippen molar-refractivity contribution in [3.05, 3.63) is 27.7 Å². The van der Waals surface area contributed by atoms with Gasteiger partial charge in [-0.25, -0.2) is 9.78 Å². The zero-order chi connectivity index (χ0) is 31.4. The molecule has 44 heavy (non-hydrogen) atoms. The van der Waals surface area contributed by atoms with E-state index in [0.717, 1.165) is 59.8 Å². The molecule has 5 atom stereocenters. The van der Waals surface area contributed by atoms with Crippen molar-refractivity contribution in [2.75, 3.05) is 57.8 Å². The maximum Gasteiger partial charge on any atom is 0.350 e. The van der Waals surface area contributed by atoms with Gasteiger partial charge in [0.15, 0.2) is 10.8 Å². The van der Waals surface area contributed by atoms with Crippen molar-refractivity contribution in [2.24, 2.45) is 27.2 Å². The number of hydrogen-bond acceptors (Lipinski definition) is 12. The molecular weight excluding hydrogens is 608 g/mol. The number of oxime groups is 1. The average Bonchev–Trinajstić information content (AvgIpc) is 3.67. The van der Waals surface area contributed by atoms with E-state index in [1.807, 2.05) is 6.92 Å². The van der Waals surface area contributed by atoms with Gasteiger partial charge in [0.05, 0.1) is 25.8 Å². The van der Waals surface area contributed by atoms with Gasteiger partial charge in [-0.1, -0.05) is 5.16 Å². The number of aliphatic carboxylic acids is 1. The molecule has 1 unspecified atom stereocenters. The van der Waals surface area contributed by atoms with Gasteiger partial charge in [0.2, 0.25) is 5.60 Å². The number of quaternary nitrogens is 1. The predicted octanol–water partition coefficient (Wildman–Crippen LogP) is 0.421. The number of thioether (sulfide) groups is 1. The van der Waals surface area contributed by atoms with Gasteiger partial charge in [0, 0.05) is 47.3 Å². The Kier molecular flexibility index (Phi) is 7.92. The number of carboxylic acid groups (broad SMARTS) is 1. The Morgan fingerprint density at radius 2 is 2.05 bits per heavy atom. The molecule has 0 spiro atoms. The van der Waals surface area contributed by atoms with Crippen molar-refractivity contribution < 1.29 is 28.8 Å². The minimum absolute atomic E-state index is 0.111. The lowest BCUT2D eigenvalue weighted by Crippen LogP contribution is -2.71. The molecule has 1 aromatic heterocycles. The maximum absolute atomic E-state index is 13.8. The molecule has 2 amide bonds. The van der Waals surface area contributed by atoms with E-state index in [9.17, 15) is 19.5 Å². The molecule has 6 rings (SSSR count). The molecule has 0 aromatic carbocycles. The van der Waals surface area contributed by atoms with Crippen molar-refractivity contribution in [2.45, 2.75) is 37.8 Å². The van der Waals surface area contributed by atoms with Gasteiger partial charge in [-0.2, -0.15) is 0 Å². The SMILES string of the molecule is CC1=NN=C(C2=C(C[N+]3(C)C[C@H]4CNC[C@H]4C3)CS[C@@H]3[C@H](NC(=O)/C(=N\OC(C)(C)C(=O)O)c4csc(N)n4)C(=O)N23)[N-]C1. The number of fused-ring (bicyclic) bond motifs is 2. The number of nitrogen functional groups attached to an aromatic ring is 1. The van der Waals surface area contributed by atoms with E-state index in [4.69, 9.17) is 10.6 Å². The summed E-state index contributed by atoms with van der Waals surface area (Å²) >= 11 is 2.67. The Morgan fingerprint density at radius 1 is 1.32 bits per heavy atom. The molecule has 5 aliphatic heterocycles. The standard InChI is InChI=1S/C27H36N10O5S2/c1-13-5-30-21(34-33-13)20-16(10-37(4)8-14-6-29-7-15(14)9-37)11-43-24-19(23(39)36(20)24)32-22(38)18(17-12-44-26(28)31-17)35-42-27(2,3)25(40)41/h12,14-15,19,24,29H,5-11H2,1-4H3,(H4-,28,30,31,32,34,38,40,41)/b35-18-/t14-,15+,19-,24-,37?/m1/s1. The molecule has 0 saturated carbocycles. The van der Waals surface area contributed by atoms with E-state index in [0.29, 0.717) is 35.7 Å². The molecule has 3 fully saturated rings. The summed E-state index contributed by atoms with van der Waals surface area (Å²) in [5.74, 6) is 0.0771. The molecule has 3 saturated heterocycles. The van der Waals surface area contributed by atoms with Crippen LogP contribution >= 0.6 is 23.1 Å². The molecule has 5 aliphatic rings. The van der Waals surface area contributed by atoms with E-state index in [2.05, 4.69) is 43.3 Å². The highest BCUT2D eigenvalue weighted by Gasteiger charge is 2.54. The lowest BCUT2D eigenvalue weighted by atomic mass is 10.0. The van der Waals surface area contributed by atoms with Crippen LogP contribution in [0.3, 0.4) is 0 Å². The van der Waals surface area contributed by atoms with Crippen molar-refractivity contribution in [3.8, 4) is 0 Å². The van der Waals surface area contributed by atoms with Crippen LogP contribution in [0.4, 0.5) is 5.13 Å². The van der Waals surface area contributed by atoms with Crippen LogP contribution in [0.5, 0.6) is 0 Å². The van der Waals surface area contributed by atoms with E-state index < -0.39 is 28.9 Å². The van der Waals surface area contributed by atoms with Crippen LogP contribution in [0.15, 0.2) is 32.0 Å². The number of amidine groups is 1. The summed E-state index contributed by atoms with van der Waals surface area (Å²) in [6, 6.07) is -0.867. The minimum Gasteiger partial charge on any atom is -0.478 e. The predicted molar refractivity (Wildman–Crippen MR) is 167 cm³/mol. The van der Waals surface area contributed by atoms with E-state index in [-0.39, 0.29) is 22.4 Å². The number of β-lactam (4-membered cyclic amide) rings is 1. The summed E-state index contributed by atoms with van der Waals surface area (Å²) in [4.78, 5) is 49.9. The van der Waals surface area contributed by atoms with E-state index >= 15 is 0 Å². The molecule has 5 N–H and O–H groups in total. The van der Waals surface area contributed by atoms with Crippen molar-refractivity contribution >= 4 is 63.3 Å². The zero-order valence-electron chi connectivity index (χ0n) is 24.9. The van der Waals surface area contributed by atoms with Crippen LogP contribution in [-0.2, 0) is 19.2 Å². The number of likely N-dealkylation sites (tertiary alicyclic amines) is 1. The van der Waals surface area contributed by atoms with Crippen LogP contribution in [0.1, 0.15) is 26.5 Å². The number of amides is 2. The number of anilines is 1. The quantitative estimate of drug-likeness (QED) is 0.127. The first-order chi connectivity index (χ1) is 20.8.